The van der Waals surface area contributed by atoms with Gasteiger partial charge in [0.25, 0.3) is 5.91 Å². The molecule has 1 aromatic heterocycles. The minimum absolute atomic E-state index is 0.0899. The molecule has 27 heavy (non-hydrogen) atoms. The van der Waals surface area contributed by atoms with E-state index in [2.05, 4.69) is 22.4 Å². The Morgan fingerprint density at radius 3 is 2.56 bits per heavy atom. The molecule has 1 fully saturated rings. The van der Waals surface area contributed by atoms with Gasteiger partial charge in [-0.15, -0.1) is 10.2 Å². The molecule has 3 rings (SSSR count). The highest BCUT2D eigenvalue weighted by Gasteiger charge is 2.22. The summed E-state index contributed by atoms with van der Waals surface area (Å²) in [6.45, 7) is 5.79. The second kappa shape index (κ2) is 8.62. The van der Waals surface area contributed by atoms with Crippen LogP contribution in [-0.2, 0) is 4.74 Å². The number of likely N-dealkylation sites (tertiary alicyclic amines) is 1. The Labute approximate surface area is 158 Å². The lowest BCUT2D eigenvalue weighted by Gasteiger charge is -2.29. The lowest BCUT2D eigenvalue weighted by atomic mass is 9.99. The Kier molecular flexibility index (Phi) is 6.01. The van der Waals surface area contributed by atoms with Crippen molar-refractivity contribution in [2.45, 2.75) is 26.7 Å². The predicted molar refractivity (Wildman–Crippen MR) is 102 cm³/mol. The number of piperidine rings is 1. The van der Waals surface area contributed by atoms with E-state index in [9.17, 15) is 9.59 Å². The zero-order valence-electron chi connectivity index (χ0n) is 15.6. The number of para-hydroxylation sites is 1. The lowest BCUT2D eigenvalue weighted by Crippen LogP contribution is -2.38. The summed E-state index contributed by atoms with van der Waals surface area (Å²) in [5, 5.41) is 11.2. The van der Waals surface area contributed by atoms with Gasteiger partial charge in [-0.2, -0.15) is 0 Å². The number of rotatable bonds is 5. The first-order chi connectivity index (χ1) is 13.1. The maximum atomic E-state index is 12.5. The van der Waals surface area contributed by atoms with Gasteiger partial charge < -0.3 is 15.0 Å². The zero-order chi connectivity index (χ0) is 19.2. The maximum absolute atomic E-state index is 12.5. The Bertz CT molecular complexity index is 799. The highest BCUT2D eigenvalue weighted by Crippen LogP contribution is 2.21. The van der Waals surface area contributed by atoms with E-state index in [1.165, 1.54) is 0 Å². The number of nitrogens with zero attached hydrogens (tertiary/aromatic N) is 3. The molecule has 0 aliphatic carbocycles. The van der Waals surface area contributed by atoms with Gasteiger partial charge in [0, 0.05) is 13.1 Å². The van der Waals surface area contributed by atoms with Gasteiger partial charge in [0.05, 0.1) is 17.9 Å². The second-order valence-corrected chi connectivity index (χ2v) is 6.67. The highest BCUT2D eigenvalue weighted by atomic mass is 16.5. The number of hydrogen-bond donors (Lipinski definition) is 1. The quantitative estimate of drug-likeness (QED) is 0.816. The molecule has 1 saturated heterocycles. The van der Waals surface area contributed by atoms with Gasteiger partial charge in [0.2, 0.25) is 0 Å². The fourth-order valence-electron chi connectivity index (χ4n) is 3.00. The first kappa shape index (κ1) is 18.8. The van der Waals surface area contributed by atoms with Crippen molar-refractivity contribution in [3.8, 4) is 0 Å². The van der Waals surface area contributed by atoms with Crippen molar-refractivity contribution in [2.75, 3.05) is 25.0 Å². The van der Waals surface area contributed by atoms with Gasteiger partial charge in [-0.05, 0) is 49.9 Å². The van der Waals surface area contributed by atoms with E-state index in [1.54, 1.807) is 37.3 Å². The molecule has 0 unspecified atom stereocenters. The molecule has 0 atom stereocenters. The second-order valence-electron chi connectivity index (χ2n) is 6.67. The molecule has 2 aromatic rings. The van der Waals surface area contributed by atoms with E-state index in [0.717, 1.165) is 25.9 Å². The molecule has 1 aliphatic rings. The summed E-state index contributed by atoms with van der Waals surface area (Å²) >= 11 is 0. The molecule has 0 spiro atoms. The van der Waals surface area contributed by atoms with Gasteiger partial charge in [0.15, 0.2) is 11.5 Å². The number of hydrogen-bond acceptors (Lipinski definition) is 6. The van der Waals surface area contributed by atoms with Gasteiger partial charge >= 0.3 is 5.97 Å². The SMILES string of the molecule is CCOC(=O)c1ccccc1Nc1ccc(C(=O)N2CCC(C)CC2)nn1. The van der Waals surface area contributed by atoms with Crippen LogP contribution in [0.1, 0.15) is 47.5 Å². The van der Waals surface area contributed by atoms with Crippen LogP contribution >= 0.6 is 0 Å². The van der Waals surface area contributed by atoms with Crippen molar-refractivity contribution in [3.05, 3.63) is 47.7 Å². The first-order valence-electron chi connectivity index (χ1n) is 9.24. The third kappa shape index (κ3) is 4.61. The number of aromatic nitrogens is 2. The van der Waals surface area contributed by atoms with Gasteiger partial charge in [-0.1, -0.05) is 19.1 Å². The Morgan fingerprint density at radius 2 is 1.89 bits per heavy atom. The third-order valence-electron chi connectivity index (χ3n) is 4.64. The number of anilines is 2. The van der Waals surface area contributed by atoms with E-state index in [4.69, 9.17) is 4.74 Å². The number of carbonyl (C=O) groups is 2. The van der Waals surface area contributed by atoms with E-state index in [0.29, 0.717) is 35.3 Å². The number of ether oxygens (including phenoxy) is 1. The molecule has 0 bridgehead atoms. The maximum Gasteiger partial charge on any atom is 0.340 e. The van der Waals surface area contributed by atoms with Crippen molar-refractivity contribution >= 4 is 23.4 Å². The average Bonchev–Trinajstić information content (AvgIpc) is 2.69. The van der Waals surface area contributed by atoms with Gasteiger partial charge in [-0.25, -0.2) is 4.79 Å². The van der Waals surface area contributed by atoms with E-state index >= 15 is 0 Å². The van der Waals surface area contributed by atoms with E-state index in [-0.39, 0.29) is 5.91 Å². The lowest BCUT2D eigenvalue weighted by molar-refractivity contribution is 0.0527. The van der Waals surface area contributed by atoms with Crippen LogP contribution in [0.25, 0.3) is 0 Å². The molecule has 7 heteroatoms. The smallest absolute Gasteiger partial charge is 0.340 e. The van der Waals surface area contributed by atoms with Crippen molar-refractivity contribution in [3.63, 3.8) is 0 Å². The molecule has 7 nitrogen and oxygen atoms in total. The van der Waals surface area contributed by atoms with Gasteiger partial charge in [0.1, 0.15) is 0 Å². The molecule has 0 radical (unpaired) electrons. The standard InChI is InChI=1S/C20H24N4O3/c1-3-27-20(26)15-6-4-5-7-16(15)21-18-9-8-17(22-23-18)19(25)24-12-10-14(2)11-13-24/h4-9,14H,3,10-13H2,1-2H3,(H,21,23). The fourth-order valence-corrected chi connectivity index (χ4v) is 3.00. The molecule has 2 heterocycles. The molecule has 1 amide bonds. The number of amides is 1. The molecule has 1 aromatic carbocycles. The minimum Gasteiger partial charge on any atom is -0.462 e. The summed E-state index contributed by atoms with van der Waals surface area (Å²) < 4.78 is 5.07. The summed E-state index contributed by atoms with van der Waals surface area (Å²) in [5.41, 5.74) is 1.33. The van der Waals surface area contributed by atoms with Crippen LogP contribution < -0.4 is 5.32 Å². The first-order valence-corrected chi connectivity index (χ1v) is 9.24. The summed E-state index contributed by atoms with van der Waals surface area (Å²) in [5.74, 6) is 0.620. The highest BCUT2D eigenvalue weighted by molar-refractivity contribution is 5.96. The summed E-state index contributed by atoms with van der Waals surface area (Å²) in [7, 11) is 0. The Morgan fingerprint density at radius 1 is 1.15 bits per heavy atom. The summed E-state index contributed by atoms with van der Waals surface area (Å²) in [6, 6.07) is 10.4. The topological polar surface area (TPSA) is 84.4 Å². The van der Waals surface area contributed by atoms with Crippen LogP contribution in [-0.4, -0.2) is 46.7 Å². The van der Waals surface area contributed by atoms with Crippen LogP contribution in [0.5, 0.6) is 0 Å². The Balaban J connectivity index is 1.70. The molecular formula is C20H24N4O3. The predicted octanol–water partition coefficient (Wildman–Crippen LogP) is 3.27. The number of nitrogens with one attached hydrogen (secondary N) is 1. The van der Waals surface area contributed by atoms with Crippen LogP contribution in [0.3, 0.4) is 0 Å². The summed E-state index contributed by atoms with van der Waals surface area (Å²) in [6.07, 6.45) is 2.03. The molecular weight excluding hydrogens is 344 g/mol. The molecule has 0 saturated carbocycles. The van der Waals surface area contributed by atoms with E-state index < -0.39 is 5.97 Å². The van der Waals surface area contributed by atoms with Crippen molar-refractivity contribution in [2.24, 2.45) is 5.92 Å². The fraction of sp³-hybridized carbons (Fsp3) is 0.400. The Hall–Kier alpha value is -2.96. The van der Waals surface area contributed by atoms with Crippen molar-refractivity contribution in [1.29, 1.82) is 0 Å². The van der Waals surface area contributed by atoms with Crippen LogP contribution in [0.2, 0.25) is 0 Å². The minimum atomic E-state index is -0.403. The average molecular weight is 368 g/mol. The molecule has 1 N–H and O–H groups in total. The largest absolute Gasteiger partial charge is 0.462 e. The van der Waals surface area contributed by atoms with Gasteiger partial charge in [-0.3, -0.25) is 4.79 Å². The van der Waals surface area contributed by atoms with Crippen LogP contribution in [0.15, 0.2) is 36.4 Å². The van der Waals surface area contributed by atoms with Crippen molar-refractivity contribution in [1.82, 2.24) is 15.1 Å². The normalized spacial score (nSPS) is 14.7. The number of carbonyl (C=O) groups excluding carboxylic acids is 2. The van der Waals surface area contributed by atoms with Crippen molar-refractivity contribution < 1.29 is 14.3 Å². The zero-order valence-corrected chi connectivity index (χ0v) is 15.6. The van der Waals surface area contributed by atoms with Crippen LogP contribution in [0, 0.1) is 5.92 Å². The number of benzene rings is 1. The molecule has 142 valence electrons. The summed E-state index contributed by atoms with van der Waals surface area (Å²) in [4.78, 5) is 26.4. The van der Waals surface area contributed by atoms with Crippen LogP contribution in [0.4, 0.5) is 11.5 Å². The third-order valence-corrected chi connectivity index (χ3v) is 4.64. The monoisotopic (exact) mass is 368 g/mol. The number of esters is 1. The van der Waals surface area contributed by atoms with E-state index in [1.807, 2.05) is 11.0 Å². The molecule has 1 aliphatic heterocycles.